The van der Waals surface area contributed by atoms with Gasteiger partial charge in [-0.3, -0.25) is 9.52 Å². The normalized spacial score (nSPS) is 16.9. The number of anilines is 1. The minimum absolute atomic E-state index is 0.00568. The van der Waals surface area contributed by atoms with Gasteiger partial charge in [0.1, 0.15) is 0 Å². The van der Waals surface area contributed by atoms with Crippen LogP contribution in [0, 0.1) is 6.92 Å². The van der Waals surface area contributed by atoms with Gasteiger partial charge < -0.3 is 0 Å². The molecule has 0 radical (unpaired) electrons. The van der Waals surface area contributed by atoms with Crippen LogP contribution < -0.4 is 4.72 Å². The van der Waals surface area contributed by atoms with E-state index in [1.54, 1.807) is 25.1 Å². The van der Waals surface area contributed by atoms with E-state index in [0.29, 0.717) is 12.1 Å². The number of benzene rings is 2. The highest BCUT2D eigenvalue weighted by Crippen LogP contribution is 2.33. The van der Waals surface area contributed by atoms with E-state index in [1.807, 2.05) is 31.2 Å². The lowest BCUT2D eigenvalue weighted by atomic mass is 9.97. The third-order valence-electron chi connectivity index (χ3n) is 4.51. The Hall–Kier alpha value is -2.67. The van der Waals surface area contributed by atoms with Crippen molar-refractivity contribution in [3.8, 4) is 0 Å². The number of nitrogens with one attached hydrogen (secondary N) is 1. The van der Waals surface area contributed by atoms with Crippen LogP contribution in [-0.2, 0) is 14.8 Å². The molecule has 1 amide bonds. The van der Waals surface area contributed by atoms with Crippen molar-refractivity contribution in [1.82, 2.24) is 5.01 Å². The predicted molar refractivity (Wildman–Crippen MR) is 107 cm³/mol. The summed E-state index contributed by atoms with van der Waals surface area (Å²) in [5, 5.41) is 6.03. The average Bonchev–Trinajstić information content (AvgIpc) is 3.07. The Morgan fingerprint density at radius 3 is 2.63 bits per heavy atom. The maximum atomic E-state index is 12.1. The zero-order chi connectivity index (χ0) is 19.6. The summed E-state index contributed by atoms with van der Waals surface area (Å²) in [6.07, 6.45) is 0.576. The van der Waals surface area contributed by atoms with E-state index in [4.69, 9.17) is 0 Å². The Balaban J connectivity index is 1.91. The standard InChI is InChI=1S/C20H23N3O3S/c1-4-27(25,26)22-18-10-6-8-16(12-18)19-13-20(23(21-19)15(3)24)17-9-5-7-14(2)11-17/h5-12,20,22H,4,13H2,1-3H3/t20-/m0/s1. The van der Waals surface area contributed by atoms with Crippen LogP contribution in [0.2, 0.25) is 0 Å². The third-order valence-corrected chi connectivity index (χ3v) is 5.82. The number of amides is 1. The fraction of sp³-hybridized carbons (Fsp3) is 0.300. The van der Waals surface area contributed by atoms with Crippen LogP contribution in [0.5, 0.6) is 0 Å². The van der Waals surface area contributed by atoms with Gasteiger partial charge in [0.2, 0.25) is 15.9 Å². The number of rotatable bonds is 5. The Bertz CT molecular complexity index is 999. The van der Waals surface area contributed by atoms with E-state index >= 15 is 0 Å². The molecule has 0 aromatic heterocycles. The van der Waals surface area contributed by atoms with Crippen molar-refractivity contribution in [2.24, 2.45) is 5.10 Å². The molecule has 0 aliphatic carbocycles. The van der Waals surface area contributed by atoms with Crippen LogP contribution in [0.4, 0.5) is 5.69 Å². The summed E-state index contributed by atoms with van der Waals surface area (Å²) in [5.74, 6) is -0.120. The second-order valence-electron chi connectivity index (χ2n) is 6.63. The van der Waals surface area contributed by atoms with Gasteiger partial charge in [-0.2, -0.15) is 5.10 Å². The molecule has 2 aromatic rings. The minimum Gasteiger partial charge on any atom is -0.284 e. The molecule has 0 unspecified atom stereocenters. The molecule has 3 rings (SSSR count). The number of hydrogen-bond donors (Lipinski definition) is 1. The zero-order valence-electron chi connectivity index (χ0n) is 15.6. The lowest BCUT2D eigenvalue weighted by Crippen LogP contribution is -2.24. The number of sulfonamides is 1. The van der Waals surface area contributed by atoms with Gasteiger partial charge in [0.05, 0.1) is 17.5 Å². The first-order valence-electron chi connectivity index (χ1n) is 8.84. The summed E-state index contributed by atoms with van der Waals surface area (Å²) in [6.45, 7) is 5.10. The van der Waals surface area contributed by atoms with Crippen LogP contribution in [-0.4, -0.2) is 30.8 Å². The maximum absolute atomic E-state index is 12.1. The van der Waals surface area contributed by atoms with Gasteiger partial charge in [-0.25, -0.2) is 13.4 Å². The highest BCUT2D eigenvalue weighted by molar-refractivity contribution is 7.92. The van der Waals surface area contributed by atoms with Crippen molar-refractivity contribution in [2.75, 3.05) is 10.5 Å². The average molecular weight is 385 g/mol. The smallest absolute Gasteiger partial charge is 0.240 e. The van der Waals surface area contributed by atoms with E-state index in [1.165, 1.54) is 11.9 Å². The van der Waals surface area contributed by atoms with Gasteiger partial charge in [0.25, 0.3) is 0 Å². The van der Waals surface area contributed by atoms with E-state index in [9.17, 15) is 13.2 Å². The number of hydrazone groups is 1. The monoisotopic (exact) mass is 385 g/mol. The second kappa shape index (κ2) is 7.52. The van der Waals surface area contributed by atoms with Crippen LogP contribution in [0.1, 0.15) is 43.0 Å². The van der Waals surface area contributed by atoms with E-state index in [0.717, 1.165) is 22.4 Å². The van der Waals surface area contributed by atoms with Gasteiger partial charge in [-0.15, -0.1) is 0 Å². The summed E-state index contributed by atoms with van der Waals surface area (Å²) in [5.41, 5.74) is 4.21. The topological polar surface area (TPSA) is 78.8 Å². The lowest BCUT2D eigenvalue weighted by molar-refractivity contribution is -0.130. The molecule has 0 fully saturated rings. The number of carbonyl (C=O) groups is 1. The first-order chi connectivity index (χ1) is 12.8. The molecule has 1 aliphatic rings. The molecule has 27 heavy (non-hydrogen) atoms. The molecule has 0 bridgehead atoms. The highest BCUT2D eigenvalue weighted by Gasteiger charge is 2.31. The Morgan fingerprint density at radius 1 is 1.22 bits per heavy atom. The zero-order valence-corrected chi connectivity index (χ0v) is 16.5. The highest BCUT2D eigenvalue weighted by atomic mass is 32.2. The Labute approximate surface area is 159 Å². The number of aryl methyl sites for hydroxylation is 1. The first kappa shape index (κ1) is 19.1. The van der Waals surface area contributed by atoms with E-state index in [2.05, 4.69) is 15.9 Å². The van der Waals surface area contributed by atoms with Crippen molar-refractivity contribution >= 4 is 27.3 Å². The first-order valence-corrected chi connectivity index (χ1v) is 10.5. The van der Waals surface area contributed by atoms with Crippen molar-refractivity contribution in [1.29, 1.82) is 0 Å². The summed E-state index contributed by atoms with van der Waals surface area (Å²) in [4.78, 5) is 12.1. The Morgan fingerprint density at radius 2 is 1.96 bits per heavy atom. The number of hydrogen-bond acceptors (Lipinski definition) is 4. The SMILES string of the molecule is CCS(=O)(=O)Nc1cccc(C2=NN(C(C)=O)[C@H](c3cccc(C)c3)C2)c1. The van der Waals surface area contributed by atoms with Gasteiger partial charge in [-0.05, 0) is 37.1 Å². The van der Waals surface area contributed by atoms with Crippen LogP contribution >= 0.6 is 0 Å². The van der Waals surface area contributed by atoms with E-state index < -0.39 is 10.0 Å². The largest absolute Gasteiger partial charge is 0.284 e. The number of nitrogens with zero attached hydrogens (tertiary/aromatic N) is 2. The summed E-state index contributed by atoms with van der Waals surface area (Å²) < 4.78 is 26.2. The van der Waals surface area contributed by atoms with Crippen molar-refractivity contribution in [3.63, 3.8) is 0 Å². The van der Waals surface area contributed by atoms with Crippen molar-refractivity contribution in [2.45, 2.75) is 33.2 Å². The summed E-state index contributed by atoms with van der Waals surface area (Å²) >= 11 is 0. The fourth-order valence-electron chi connectivity index (χ4n) is 3.13. The van der Waals surface area contributed by atoms with Crippen molar-refractivity contribution in [3.05, 3.63) is 65.2 Å². The van der Waals surface area contributed by atoms with Crippen LogP contribution in [0.3, 0.4) is 0 Å². The predicted octanol–water partition coefficient (Wildman–Crippen LogP) is 3.45. The molecule has 2 aromatic carbocycles. The second-order valence-corrected chi connectivity index (χ2v) is 8.64. The maximum Gasteiger partial charge on any atom is 0.240 e. The quantitative estimate of drug-likeness (QED) is 0.856. The third kappa shape index (κ3) is 4.36. The molecule has 6 nitrogen and oxygen atoms in total. The molecule has 7 heteroatoms. The molecule has 1 atom stereocenters. The molecule has 0 saturated heterocycles. The van der Waals surface area contributed by atoms with Crippen LogP contribution in [0.15, 0.2) is 53.6 Å². The molecule has 1 heterocycles. The lowest BCUT2D eigenvalue weighted by Gasteiger charge is -2.20. The molecular formula is C20H23N3O3S. The molecule has 0 spiro atoms. The van der Waals surface area contributed by atoms with Gasteiger partial charge in [-0.1, -0.05) is 42.0 Å². The molecular weight excluding hydrogens is 362 g/mol. The Kier molecular flexibility index (Phi) is 5.32. The summed E-state index contributed by atoms with van der Waals surface area (Å²) in [6, 6.07) is 15.0. The molecule has 0 saturated carbocycles. The summed E-state index contributed by atoms with van der Waals surface area (Å²) in [7, 11) is -3.35. The van der Waals surface area contributed by atoms with Gasteiger partial charge in [0, 0.05) is 19.0 Å². The molecule has 1 N–H and O–H groups in total. The number of carbonyl (C=O) groups excluding carboxylic acids is 1. The fourth-order valence-corrected chi connectivity index (χ4v) is 3.76. The van der Waals surface area contributed by atoms with Gasteiger partial charge in [0.15, 0.2) is 0 Å². The van der Waals surface area contributed by atoms with Crippen molar-refractivity contribution < 1.29 is 13.2 Å². The van der Waals surface area contributed by atoms with Crippen LogP contribution in [0.25, 0.3) is 0 Å². The molecule has 1 aliphatic heterocycles. The van der Waals surface area contributed by atoms with Gasteiger partial charge >= 0.3 is 0 Å². The minimum atomic E-state index is -3.35. The van der Waals surface area contributed by atoms with E-state index in [-0.39, 0.29) is 17.7 Å². The molecule has 142 valence electrons.